The lowest BCUT2D eigenvalue weighted by Crippen LogP contribution is -2.33. The van der Waals surface area contributed by atoms with Gasteiger partial charge in [0, 0.05) is 41.9 Å². The molecule has 1 atom stereocenters. The summed E-state index contributed by atoms with van der Waals surface area (Å²) in [6.45, 7) is 1.10. The van der Waals surface area contributed by atoms with Crippen molar-refractivity contribution in [1.29, 1.82) is 0 Å². The first-order valence-corrected chi connectivity index (χ1v) is 13.5. The molecule has 1 aliphatic rings. The van der Waals surface area contributed by atoms with Gasteiger partial charge in [-0.1, -0.05) is 78.3 Å². The fourth-order valence-electron chi connectivity index (χ4n) is 5.14. The molecular weight excluding hydrogens is 505 g/mol. The molecule has 0 spiro atoms. The molecule has 39 heavy (non-hydrogen) atoms. The van der Waals surface area contributed by atoms with Gasteiger partial charge in [0.05, 0.1) is 5.69 Å². The number of fused-ring (bicyclic) bond motifs is 2. The lowest BCUT2D eigenvalue weighted by Gasteiger charge is -2.23. The Hall–Kier alpha value is -4.10. The topological polar surface area (TPSA) is 71.3 Å². The van der Waals surface area contributed by atoms with E-state index in [0.717, 1.165) is 47.5 Å². The Labute approximate surface area is 233 Å². The lowest BCUT2D eigenvalue weighted by molar-refractivity contribution is -0.125. The van der Waals surface area contributed by atoms with Gasteiger partial charge in [-0.25, -0.2) is 4.98 Å². The Bertz CT molecular complexity index is 1650. The van der Waals surface area contributed by atoms with Crippen molar-refractivity contribution in [3.8, 4) is 11.3 Å². The first-order valence-electron chi connectivity index (χ1n) is 13.1. The van der Waals surface area contributed by atoms with Gasteiger partial charge in [-0.3, -0.25) is 4.79 Å². The highest BCUT2D eigenvalue weighted by molar-refractivity contribution is 6.36. The second-order valence-corrected chi connectivity index (χ2v) is 10.3. The van der Waals surface area contributed by atoms with E-state index in [1.165, 1.54) is 11.1 Å². The number of rotatable bonds is 7. The third-order valence-electron chi connectivity index (χ3n) is 7.33. The Morgan fingerprint density at radius 2 is 1.69 bits per heavy atom. The largest absolute Gasteiger partial charge is 0.366 e. The fraction of sp³-hybridized carbons (Fsp3) is 0.194. The average molecular weight is 532 g/mol. The van der Waals surface area contributed by atoms with Crippen molar-refractivity contribution in [2.75, 3.05) is 5.32 Å². The van der Waals surface area contributed by atoms with Gasteiger partial charge in [0.25, 0.3) is 0 Å². The molecule has 8 heteroatoms. The van der Waals surface area contributed by atoms with Crippen LogP contribution < -0.4 is 16.1 Å². The van der Waals surface area contributed by atoms with Crippen LogP contribution in [0, 0.1) is 5.92 Å². The molecule has 1 aliphatic carbocycles. The smallest absolute Gasteiger partial charge is 0.223 e. The summed E-state index contributed by atoms with van der Waals surface area (Å²) in [4.78, 5) is 17.5. The van der Waals surface area contributed by atoms with Gasteiger partial charge >= 0.3 is 0 Å². The highest BCUT2D eigenvalue weighted by Crippen LogP contribution is 2.29. The second kappa shape index (κ2) is 10.9. The monoisotopic (exact) mass is 531 g/mol. The van der Waals surface area contributed by atoms with E-state index in [0.29, 0.717) is 29.2 Å². The Kier molecular flexibility index (Phi) is 7.07. The van der Waals surface area contributed by atoms with Crippen LogP contribution in [0.15, 0.2) is 85.1 Å². The minimum Gasteiger partial charge on any atom is -0.366 e. The number of amides is 1. The summed E-state index contributed by atoms with van der Waals surface area (Å²) in [6.07, 6.45) is 4.27. The van der Waals surface area contributed by atoms with Crippen LogP contribution in [0.25, 0.3) is 16.9 Å². The van der Waals surface area contributed by atoms with Crippen LogP contribution in [-0.4, -0.2) is 28.4 Å². The third-order valence-corrected chi connectivity index (χ3v) is 7.66. The molecule has 0 saturated heterocycles. The van der Waals surface area contributed by atoms with Gasteiger partial charge in [0.1, 0.15) is 13.7 Å². The van der Waals surface area contributed by atoms with E-state index < -0.39 is 0 Å². The van der Waals surface area contributed by atoms with E-state index in [2.05, 4.69) is 69.2 Å². The van der Waals surface area contributed by atoms with Crippen LogP contribution in [0.4, 0.5) is 5.82 Å². The van der Waals surface area contributed by atoms with E-state index >= 15 is 0 Å². The lowest BCUT2D eigenvalue weighted by atomic mass is 9.83. The number of nitrogens with one attached hydrogen (secondary N) is 2. The van der Waals surface area contributed by atoms with Crippen LogP contribution in [-0.2, 0) is 30.7 Å². The molecule has 2 heterocycles. The average Bonchev–Trinajstić information content (AvgIpc) is 3.35. The van der Waals surface area contributed by atoms with Crippen molar-refractivity contribution in [3.05, 3.63) is 112 Å². The number of benzene rings is 3. The molecule has 5 aromatic rings. The number of carbonyl (C=O) groups is 1. The molecule has 3 aromatic carbocycles. The molecule has 0 bridgehead atoms. The number of carbonyl (C=O) groups excluding carboxylic acids is 1. The molecule has 2 aromatic heterocycles. The zero-order chi connectivity index (χ0) is 26.8. The first-order chi connectivity index (χ1) is 19.0. The van der Waals surface area contributed by atoms with E-state index in [1.54, 1.807) is 10.7 Å². The molecule has 1 amide bonds. The highest BCUT2D eigenvalue weighted by atomic mass is 35.5. The second-order valence-electron chi connectivity index (χ2n) is 9.94. The normalized spacial score (nSPS) is 14.6. The highest BCUT2D eigenvalue weighted by Gasteiger charge is 2.24. The van der Waals surface area contributed by atoms with Crippen LogP contribution in [0.5, 0.6) is 0 Å². The van der Waals surface area contributed by atoms with Crippen molar-refractivity contribution in [2.45, 2.75) is 32.4 Å². The minimum absolute atomic E-state index is 0.0348. The van der Waals surface area contributed by atoms with Crippen molar-refractivity contribution in [3.63, 3.8) is 0 Å². The third kappa shape index (κ3) is 5.41. The molecule has 2 N–H and O–H groups in total. The van der Waals surface area contributed by atoms with Crippen molar-refractivity contribution in [2.24, 2.45) is 5.92 Å². The van der Waals surface area contributed by atoms with Gasteiger partial charge in [-0.05, 0) is 53.0 Å². The predicted octanol–water partition coefficient (Wildman–Crippen LogP) is 4.88. The van der Waals surface area contributed by atoms with Crippen LogP contribution >= 0.6 is 11.6 Å². The Balaban J connectivity index is 1.10. The van der Waals surface area contributed by atoms with Crippen molar-refractivity contribution >= 4 is 42.3 Å². The summed E-state index contributed by atoms with van der Waals surface area (Å²) in [5.41, 5.74) is 7.44. The molecule has 1 unspecified atom stereocenters. The van der Waals surface area contributed by atoms with Crippen molar-refractivity contribution in [1.82, 2.24) is 19.9 Å². The summed E-state index contributed by atoms with van der Waals surface area (Å²) < 4.78 is 1.70. The summed E-state index contributed by atoms with van der Waals surface area (Å²) in [6, 6.07) is 26.2. The number of aromatic nitrogens is 3. The minimum atomic E-state index is 0.0348. The maximum atomic E-state index is 12.8. The van der Waals surface area contributed by atoms with Crippen molar-refractivity contribution < 1.29 is 4.79 Å². The number of nitrogens with zero attached hydrogens (tertiary/aromatic N) is 3. The number of aryl methyl sites for hydroxylation is 1. The van der Waals surface area contributed by atoms with E-state index in [4.69, 9.17) is 19.4 Å². The molecule has 192 valence electrons. The Morgan fingerprint density at radius 3 is 2.49 bits per heavy atom. The van der Waals surface area contributed by atoms with Gasteiger partial charge in [-0.15, -0.1) is 0 Å². The summed E-state index contributed by atoms with van der Waals surface area (Å²) in [7, 11) is 6.14. The molecule has 6 rings (SSSR count). The number of anilines is 1. The molecule has 0 aliphatic heterocycles. The van der Waals surface area contributed by atoms with E-state index in [9.17, 15) is 4.79 Å². The fourth-order valence-corrected chi connectivity index (χ4v) is 5.37. The zero-order valence-corrected chi connectivity index (χ0v) is 22.2. The maximum absolute atomic E-state index is 12.8. The van der Waals surface area contributed by atoms with Crippen LogP contribution in [0.3, 0.4) is 0 Å². The zero-order valence-electron chi connectivity index (χ0n) is 21.4. The van der Waals surface area contributed by atoms with Gasteiger partial charge in [0.15, 0.2) is 5.65 Å². The number of hydrogen-bond acceptors (Lipinski definition) is 4. The Morgan fingerprint density at radius 1 is 0.974 bits per heavy atom. The van der Waals surface area contributed by atoms with Gasteiger partial charge in [0.2, 0.25) is 5.91 Å². The summed E-state index contributed by atoms with van der Waals surface area (Å²) in [5.74, 6) is 0.925. The van der Waals surface area contributed by atoms with E-state index in [1.807, 2.05) is 30.3 Å². The van der Waals surface area contributed by atoms with Crippen LogP contribution in [0.1, 0.15) is 28.7 Å². The maximum Gasteiger partial charge on any atom is 0.223 e. The molecule has 0 saturated carbocycles. The molecular formula is C31H27BClN5O. The number of hydrogen-bond donors (Lipinski definition) is 2. The quantitative estimate of drug-likeness (QED) is 0.294. The van der Waals surface area contributed by atoms with Gasteiger partial charge in [-0.2, -0.15) is 9.61 Å². The molecule has 2 radical (unpaired) electrons. The van der Waals surface area contributed by atoms with Gasteiger partial charge < -0.3 is 10.6 Å². The predicted molar refractivity (Wildman–Crippen MR) is 156 cm³/mol. The SMILES string of the molecule is [B]c1cnn2c(NCc3ccc(CNC(=O)C4CCc5ccccc5C4)cc3)cc(-c3ccccc3Cl)nc12. The standard InChI is InChI=1S/C31H27BClN5O/c32-26-19-36-38-29(16-28(37-30(26)38)25-7-3-4-8-27(25)33)34-17-20-9-11-21(12-10-20)18-35-31(39)24-14-13-22-5-1-2-6-23(22)15-24/h1-12,16,19,24,34H,13-15,17-18H2,(H,35,39). The molecule has 0 fully saturated rings. The summed E-state index contributed by atoms with van der Waals surface area (Å²) >= 11 is 6.43. The van der Waals surface area contributed by atoms with E-state index in [-0.39, 0.29) is 11.8 Å². The number of halogens is 1. The first kappa shape index (κ1) is 25.2. The summed E-state index contributed by atoms with van der Waals surface area (Å²) in [5, 5.41) is 11.6. The molecule has 6 nitrogen and oxygen atoms in total. The van der Waals surface area contributed by atoms with Crippen LogP contribution in [0.2, 0.25) is 5.02 Å².